The number of rotatable bonds is 18. The molecule has 1 fully saturated rings. The van der Waals surface area contributed by atoms with Crippen molar-refractivity contribution < 1.29 is 61.8 Å². The highest BCUT2D eigenvalue weighted by Crippen LogP contribution is 2.41. The summed E-state index contributed by atoms with van der Waals surface area (Å²) >= 11 is 6.89. The maximum absolute atomic E-state index is 12.5. The van der Waals surface area contributed by atoms with Gasteiger partial charge in [-0.05, 0) is 56.2 Å². The number of benzene rings is 2. The van der Waals surface area contributed by atoms with E-state index >= 15 is 0 Å². The molecule has 0 saturated carbocycles. The molecule has 13 nitrogen and oxygen atoms in total. The molecule has 2 aromatic carbocycles. The third-order valence-corrected chi connectivity index (χ3v) is 7.80. The Kier molecular flexibility index (Phi) is 16.4. The molecule has 1 unspecified atom stereocenters. The number of hydrogen-bond acceptors (Lipinski definition) is 13. The zero-order valence-electron chi connectivity index (χ0n) is 29.5. The van der Waals surface area contributed by atoms with Crippen LogP contribution in [0.25, 0.3) is 0 Å². The van der Waals surface area contributed by atoms with Gasteiger partial charge in [-0.2, -0.15) is 0 Å². The molecule has 0 radical (unpaired) electrons. The van der Waals surface area contributed by atoms with Gasteiger partial charge in [-0.15, -0.1) is 0 Å². The van der Waals surface area contributed by atoms with Gasteiger partial charge in [0.25, 0.3) is 0 Å². The highest BCUT2D eigenvalue weighted by atomic mass is 35.5. The van der Waals surface area contributed by atoms with Crippen LogP contribution in [0.3, 0.4) is 0 Å². The van der Waals surface area contributed by atoms with Gasteiger partial charge in [-0.25, -0.2) is 0 Å². The Hall–Kier alpha value is -3.75. The number of carbonyl (C=O) groups excluding carboxylic acids is 4. The van der Waals surface area contributed by atoms with Crippen LogP contribution in [0.2, 0.25) is 5.02 Å². The molecule has 50 heavy (non-hydrogen) atoms. The highest BCUT2D eigenvalue weighted by Gasteiger charge is 2.52. The topological polar surface area (TPSA) is 151 Å². The second-order valence-electron chi connectivity index (χ2n) is 11.4. The summed E-state index contributed by atoms with van der Waals surface area (Å²) in [7, 11) is 0. The summed E-state index contributed by atoms with van der Waals surface area (Å²) in [6, 6.07) is 12.4. The van der Waals surface area contributed by atoms with Gasteiger partial charge in [0.05, 0.1) is 19.8 Å². The molecule has 0 N–H and O–H groups in total. The van der Waals surface area contributed by atoms with E-state index in [-0.39, 0.29) is 19.8 Å². The molecule has 1 aliphatic heterocycles. The molecular weight excluding hydrogens is 676 g/mol. The lowest BCUT2D eigenvalue weighted by molar-refractivity contribution is -0.254. The molecule has 0 aliphatic carbocycles. The first-order valence-corrected chi connectivity index (χ1v) is 16.9. The Balaban J connectivity index is 2.19. The largest absolute Gasteiger partial charge is 0.494 e. The van der Waals surface area contributed by atoms with Crippen LogP contribution >= 0.6 is 11.6 Å². The molecule has 1 heterocycles. The second-order valence-corrected chi connectivity index (χ2v) is 11.8. The third-order valence-electron chi connectivity index (χ3n) is 7.46. The number of halogens is 1. The van der Waals surface area contributed by atoms with Crippen molar-refractivity contribution >= 4 is 35.5 Å². The normalized spacial score (nSPS) is 20.9. The van der Waals surface area contributed by atoms with Gasteiger partial charge < -0.3 is 42.6 Å². The zero-order valence-corrected chi connectivity index (χ0v) is 30.3. The van der Waals surface area contributed by atoms with E-state index in [0.717, 1.165) is 12.5 Å². The van der Waals surface area contributed by atoms with Crippen LogP contribution in [-0.4, -0.2) is 94.0 Å². The Labute approximate surface area is 297 Å². The standard InChI is InChI=1S/C36H47ClO13/c1-8-42-18-28(19-43-9-2)49-32(25-11-14-27(15-12-25)44-10-3)29-17-26(13-16-30(29)37)33-35(47-23(6)40)36(48-24(7)41)34(46-22(5)39)31(50-33)20-45-21(4)38/h11-17,28,31-36H,8-10,18-20H2,1-7H3/t31-,32?,33-,34+,35-,36-/m1/s1. The minimum Gasteiger partial charge on any atom is -0.494 e. The molecule has 0 aromatic heterocycles. The third kappa shape index (κ3) is 11.9. The lowest BCUT2D eigenvalue weighted by Gasteiger charge is -2.44. The first-order chi connectivity index (χ1) is 23.9. The van der Waals surface area contributed by atoms with Gasteiger partial charge in [0, 0.05) is 51.5 Å². The van der Waals surface area contributed by atoms with Gasteiger partial charge in [0.2, 0.25) is 0 Å². The number of carbonyl (C=O) groups is 4. The Morgan fingerprint density at radius 3 is 1.86 bits per heavy atom. The van der Waals surface area contributed by atoms with E-state index in [2.05, 4.69) is 0 Å². The molecule has 1 saturated heterocycles. The first-order valence-electron chi connectivity index (χ1n) is 16.5. The second kappa shape index (κ2) is 20.2. The van der Waals surface area contributed by atoms with Crippen molar-refractivity contribution in [3.05, 3.63) is 64.2 Å². The van der Waals surface area contributed by atoms with E-state index in [4.69, 9.17) is 54.2 Å². The maximum Gasteiger partial charge on any atom is 0.303 e. The molecule has 3 rings (SSSR count). The van der Waals surface area contributed by atoms with Crippen LogP contribution in [0, 0.1) is 0 Å². The average molecular weight is 723 g/mol. The van der Waals surface area contributed by atoms with Crippen molar-refractivity contribution in [2.45, 2.75) is 91.2 Å². The van der Waals surface area contributed by atoms with E-state index in [1.807, 2.05) is 45.0 Å². The summed E-state index contributed by atoms with van der Waals surface area (Å²) < 4.78 is 52.3. The summed E-state index contributed by atoms with van der Waals surface area (Å²) in [5.41, 5.74) is 1.72. The number of ether oxygens (including phenoxy) is 9. The molecule has 0 amide bonds. The van der Waals surface area contributed by atoms with Crippen molar-refractivity contribution in [1.29, 1.82) is 0 Å². The van der Waals surface area contributed by atoms with Crippen LogP contribution in [0.4, 0.5) is 0 Å². The van der Waals surface area contributed by atoms with Crippen molar-refractivity contribution in [2.75, 3.05) is 39.6 Å². The van der Waals surface area contributed by atoms with Crippen LogP contribution in [0.5, 0.6) is 5.75 Å². The highest BCUT2D eigenvalue weighted by molar-refractivity contribution is 6.31. The van der Waals surface area contributed by atoms with Crippen LogP contribution in [0.1, 0.15) is 77.4 Å². The molecule has 276 valence electrons. The lowest BCUT2D eigenvalue weighted by Crippen LogP contribution is -2.59. The fourth-order valence-electron chi connectivity index (χ4n) is 5.49. The van der Waals surface area contributed by atoms with Crippen molar-refractivity contribution in [3.63, 3.8) is 0 Å². The monoisotopic (exact) mass is 722 g/mol. The van der Waals surface area contributed by atoms with Crippen molar-refractivity contribution in [2.24, 2.45) is 0 Å². The Morgan fingerprint density at radius 1 is 0.740 bits per heavy atom. The van der Waals surface area contributed by atoms with Gasteiger partial charge in [-0.1, -0.05) is 29.8 Å². The van der Waals surface area contributed by atoms with E-state index in [1.54, 1.807) is 18.2 Å². The lowest BCUT2D eigenvalue weighted by atomic mass is 9.89. The summed E-state index contributed by atoms with van der Waals surface area (Å²) in [5, 5.41) is 0.352. The fraction of sp³-hybridized carbons (Fsp3) is 0.556. The van der Waals surface area contributed by atoms with E-state index < -0.39 is 66.6 Å². The predicted molar refractivity (Wildman–Crippen MR) is 180 cm³/mol. The van der Waals surface area contributed by atoms with Crippen LogP contribution in [0.15, 0.2) is 42.5 Å². The maximum atomic E-state index is 12.5. The van der Waals surface area contributed by atoms with Crippen molar-refractivity contribution in [3.8, 4) is 5.75 Å². The molecule has 0 spiro atoms. The SMILES string of the molecule is CCOCC(COCC)OC(c1ccc(OCC)cc1)c1cc([C@H]2O[C@H](COC(C)=O)[C@H](OC(C)=O)[C@@H](OC(C)=O)[C@@H]2OC(C)=O)ccc1Cl. The molecular formula is C36H47ClO13. The molecule has 2 aromatic rings. The molecule has 14 heteroatoms. The Bertz CT molecular complexity index is 1410. The van der Waals surface area contributed by atoms with Gasteiger partial charge in [-0.3, -0.25) is 19.2 Å². The molecule has 0 bridgehead atoms. The fourth-order valence-corrected chi connectivity index (χ4v) is 5.71. The molecule has 1 aliphatic rings. The number of hydrogen-bond donors (Lipinski definition) is 0. The smallest absolute Gasteiger partial charge is 0.303 e. The van der Waals surface area contributed by atoms with E-state index in [1.165, 1.54) is 20.8 Å². The van der Waals surface area contributed by atoms with E-state index in [9.17, 15) is 19.2 Å². The molecule has 6 atom stereocenters. The van der Waals surface area contributed by atoms with Crippen LogP contribution < -0.4 is 4.74 Å². The van der Waals surface area contributed by atoms with Gasteiger partial charge in [0.1, 0.15) is 36.8 Å². The van der Waals surface area contributed by atoms with Gasteiger partial charge >= 0.3 is 23.9 Å². The minimum atomic E-state index is -1.33. The van der Waals surface area contributed by atoms with E-state index in [0.29, 0.717) is 41.7 Å². The summed E-state index contributed by atoms with van der Waals surface area (Å²) in [6.45, 7) is 12.0. The zero-order chi connectivity index (χ0) is 36.8. The Morgan fingerprint density at radius 2 is 1.32 bits per heavy atom. The minimum absolute atomic E-state index is 0.251. The van der Waals surface area contributed by atoms with Gasteiger partial charge in [0.15, 0.2) is 18.3 Å². The number of esters is 4. The quantitative estimate of drug-likeness (QED) is 0.149. The van der Waals surface area contributed by atoms with Crippen molar-refractivity contribution in [1.82, 2.24) is 0 Å². The summed E-state index contributed by atoms with van der Waals surface area (Å²) in [5.74, 6) is -2.10. The van der Waals surface area contributed by atoms with Crippen LogP contribution in [-0.2, 0) is 57.1 Å². The first kappa shape index (κ1) is 40.7. The predicted octanol–water partition coefficient (Wildman–Crippen LogP) is 5.08. The summed E-state index contributed by atoms with van der Waals surface area (Å²) in [4.78, 5) is 48.8. The summed E-state index contributed by atoms with van der Waals surface area (Å²) in [6.07, 6.45) is -7.40. The average Bonchev–Trinajstić information content (AvgIpc) is 3.06.